The van der Waals surface area contributed by atoms with Crippen molar-refractivity contribution in [2.24, 2.45) is 5.92 Å². The number of rotatable bonds is 3. The third-order valence-corrected chi connectivity index (χ3v) is 5.01. The SMILES string of the molecule is Cc1cc(CC2CCC(F)(F)CC2)nc(-c2nc(C)cs2)n1. The lowest BCUT2D eigenvalue weighted by atomic mass is 9.84. The van der Waals surface area contributed by atoms with Gasteiger partial charge in [-0.1, -0.05) is 0 Å². The number of nitrogens with zero attached hydrogens (tertiary/aromatic N) is 3. The van der Waals surface area contributed by atoms with Gasteiger partial charge in [0.2, 0.25) is 5.92 Å². The number of hydrogen-bond donors (Lipinski definition) is 0. The van der Waals surface area contributed by atoms with E-state index in [1.165, 1.54) is 11.3 Å². The van der Waals surface area contributed by atoms with E-state index in [1.54, 1.807) is 0 Å². The van der Waals surface area contributed by atoms with Crippen molar-refractivity contribution in [3.63, 3.8) is 0 Å². The highest BCUT2D eigenvalue weighted by molar-refractivity contribution is 7.13. The Balaban J connectivity index is 1.76. The third-order valence-electron chi connectivity index (χ3n) is 4.05. The lowest BCUT2D eigenvalue weighted by molar-refractivity contribution is -0.0457. The fourth-order valence-corrected chi connectivity index (χ4v) is 3.62. The van der Waals surface area contributed by atoms with E-state index in [4.69, 9.17) is 0 Å². The van der Waals surface area contributed by atoms with Crippen LogP contribution in [0.2, 0.25) is 0 Å². The molecule has 0 saturated heterocycles. The van der Waals surface area contributed by atoms with Gasteiger partial charge in [0, 0.05) is 35.3 Å². The van der Waals surface area contributed by atoms with Crippen LogP contribution in [0.1, 0.15) is 42.8 Å². The number of aromatic nitrogens is 3. The quantitative estimate of drug-likeness (QED) is 0.829. The van der Waals surface area contributed by atoms with E-state index in [0.717, 1.165) is 28.5 Å². The van der Waals surface area contributed by atoms with Crippen molar-refractivity contribution in [3.8, 4) is 10.8 Å². The zero-order valence-electron chi connectivity index (χ0n) is 12.8. The Morgan fingerprint density at radius 3 is 2.50 bits per heavy atom. The highest BCUT2D eigenvalue weighted by Crippen LogP contribution is 2.37. The summed E-state index contributed by atoms with van der Waals surface area (Å²) in [6, 6.07) is 1.96. The van der Waals surface area contributed by atoms with Crippen molar-refractivity contribution in [2.75, 3.05) is 0 Å². The maximum absolute atomic E-state index is 13.2. The highest BCUT2D eigenvalue weighted by Gasteiger charge is 2.34. The molecule has 1 aliphatic rings. The molecule has 0 atom stereocenters. The second-order valence-electron chi connectivity index (χ2n) is 6.12. The molecule has 2 aromatic heterocycles. The van der Waals surface area contributed by atoms with Crippen LogP contribution in [0.15, 0.2) is 11.4 Å². The van der Waals surface area contributed by atoms with Gasteiger partial charge in [-0.15, -0.1) is 11.3 Å². The highest BCUT2D eigenvalue weighted by atomic mass is 32.1. The molecule has 2 heterocycles. The zero-order chi connectivity index (χ0) is 15.7. The van der Waals surface area contributed by atoms with E-state index in [0.29, 0.717) is 24.6 Å². The van der Waals surface area contributed by atoms with E-state index >= 15 is 0 Å². The Morgan fingerprint density at radius 1 is 1.14 bits per heavy atom. The van der Waals surface area contributed by atoms with Crippen molar-refractivity contribution in [1.29, 1.82) is 0 Å². The minimum absolute atomic E-state index is 0.000262. The molecule has 0 radical (unpaired) electrons. The summed E-state index contributed by atoms with van der Waals surface area (Å²) in [6.45, 7) is 3.88. The summed E-state index contributed by atoms with van der Waals surface area (Å²) in [5.74, 6) is -1.53. The molecule has 1 saturated carbocycles. The Kier molecular flexibility index (Phi) is 4.21. The molecule has 22 heavy (non-hydrogen) atoms. The molecule has 0 spiro atoms. The molecule has 2 aromatic rings. The average Bonchev–Trinajstić information content (AvgIpc) is 2.87. The summed E-state index contributed by atoms with van der Waals surface area (Å²) in [6.07, 6.45) is 1.89. The summed E-state index contributed by atoms with van der Waals surface area (Å²) >= 11 is 1.53. The van der Waals surface area contributed by atoms with Gasteiger partial charge in [0.1, 0.15) is 0 Å². The Labute approximate surface area is 132 Å². The first kappa shape index (κ1) is 15.5. The first-order valence-corrected chi connectivity index (χ1v) is 8.44. The van der Waals surface area contributed by atoms with Crippen LogP contribution in [0.3, 0.4) is 0 Å². The van der Waals surface area contributed by atoms with Gasteiger partial charge in [0.15, 0.2) is 10.8 Å². The molecule has 3 rings (SSSR count). The van der Waals surface area contributed by atoms with Crippen LogP contribution < -0.4 is 0 Å². The Hall–Kier alpha value is -1.43. The molecular formula is C16H19F2N3S. The number of alkyl halides is 2. The molecule has 3 nitrogen and oxygen atoms in total. The van der Waals surface area contributed by atoms with E-state index < -0.39 is 5.92 Å². The molecule has 0 aliphatic heterocycles. The number of hydrogen-bond acceptors (Lipinski definition) is 4. The van der Waals surface area contributed by atoms with Crippen LogP contribution in [0.25, 0.3) is 10.8 Å². The number of thiazole rings is 1. The van der Waals surface area contributed by atoms with Crippen LogP contribution in [0.5, 0.6) is 0 Å². The van der Waals surface area contributed by atoms with Gasteiger partial charge in [-0.25, -0.2) is 23.7 Å². The van der Waals surface area contributed by atoms with Crippen LogP contribution in [-0.2, 0) is 6.42 Å². The van der Waals surface area contributed by atoms with E-state index in [-0.39, 0.29) is 12.8 Å². The standard InChI is InChI=1S/C16H19F2N3S/c1-10-7-13(8-12-3-5-16(17,18)6-4-12)21-14(19-10)15-20-11(2)9-22-15/h7,9,12H,3-6,8H2,1-2H3. The van der Waals surface area contributed by atoms with Crippen molar-refractivity contribution < 1.29 is 8.78 Å². The fraction of sp³-hybridized carbons (Fsp3) is 0.562. The fourth-order valence-electron chi connectivity index (χ4n) is 2.89. The van der Waals surface area contributed by atoms with Gasteiger partial charge in [-0.05, 0) is 45.1 Å². The lowest BCUT2D eigenvalue weighted by Crippen LogP contribution is -2.25. The van der Waals surface area contributed by atoms with Crippen molar-refractivity contribution in [3.05, 3.63) is 28.5 Å². The average molecular weight is 323 g/mol. The molecule has 6 heteroatoms. The van der Waals surface area contributed by atoms with Crippen LogP contribution >= 0.6 is 11.3 Å². The molecule has 0 aromatic carbocycles. The van der Waals surface area contributed by atoms with E-state index in [2.05, 4.69) is 15.0 Å². The lowest BCUT2D eigenvalue weighted by Gasteiger charge is -2.28. The number of aryl methyl sites for hydroxylation is 2. The van der Waals surface area contributed by atoms with E-state index in [9.17, 15) is 8.78 Å². The monoisotopic (exact) mass is 323 g/mol. The molecule has 118 valence electrons. The topological polar surface area (TPSA) is 38.7 Å². The first-order valence-electron chi connectivity index (χ1n) is 7.56. The minimum atomic E-state index is -2.47. The van der Waals surface area contributed by atoms with Crippen molar-refractivity contribution >= 4 is 11.3 Å². The maximum atomic E-state index is 13.2. The van der Waals surface area contributed by atoms with Gasteiger partial charge < -0.3 is 0 Å². The van der Waals surface area contributed by atoms with Crippen LogP contribution in [0.4, 0.5) is 8.78 Å². The van der Waals surface area contributed by atoms with Crippen LogP contribution in [-0.4, -0.2) is 20.9 Å². The minimum Gasteiger partial charge on any atom is -0.238 e. The Bertz CT molecular complexity index is 659. The first-order chi connectivity index (χ1) is 10.4. The summed E-state index contributed by atoms with van der Waals surface area (Å²) < 4.78 is 26.5. The largest absolute Gasteiger partial charge is 0.248 e. The summed E-state index contributed by atoms with van der Waals surface area (Å²) in [5.41, 5.74) is 2.79. The Morgan fingerprint density at radius 2 is 1.86 bits per heavy atom. The second-order valence-corrected chi connectivity index (χ2v) is 6.98. The molecule has 1 fully saturated rings. The summed E-state index contributed by atoms with van der Waals surface area (Å²) in [7, 11) is 0. The molecule has 0 N–H and O–H groups in total. The van der Waals surface area contributed by atoms with Gasteiger partial charge in [-0.2, -0.15) is 0 Å². The predicted octanol–water partition coefficient (Wildman–Crippen LogP) is 4.58. The summed E-state index contributed by atoms with van der Waals surface area (Å²) in [4.78, 5) is 13.5. The van der Waals surface area contributed by atoms with Gasteiger partial charge in [-0.3, -0.25) is 0 Å². The predicted molar refractivity (Wildman–Crippen MR) is 83.2 cm³/mol. The van der Waals surface area contributed by atoms with Gasteiger partial charge >= 0.3 is 0 Å². The third kappa shape index (κ3) is 3.66. The second kappa shape index (κ2) is 5.99. The summed E-state index contributed by atoms with van der Waals surface area (Å²) in [5, 5.41) is 2.79. The van der Waals surface area contributed by atoms with Gasteiger partial charge in [0.25, 0.3) is 0 Å². The van der Waals surface area contributed by atoms with Gasteiger partial charge in [0.05, 0.1) is 0 Å². The maximum Gasteiger partial charge on any atom is 0.248 e. The van der Waals surface area contributed by atoms with Crippen molar-refractivity contribution in [1.82, 2.24) is 15.0 Å². The molecule has 0 amide bonds. The smallest absolute Gasteiger partial charge is 0.238 e. The van der Waals surface area contributed by atoms with Crippen molar-refractivity contribution in [2.45, 2.75) is 51.9 Å². The van der Waals surface area contributed by atoms with E-state index in [1.807, 2.05) is 25.3 Å². The molecule has 0 unspecified atom stereocenters. The zero-order valence-corrected chi connectivity index (χ0v) is 13.6. The normalized spacial score (nSPS) is 18.5. The number of halogens is 2. The molecule has 0 bridgehead atoms. The van der Waals surface area contributed by atoms with Crippen LogP contribution in [0, 0.1) is 19.8 Å². The molecule has 1 aliphatic carbocycles. The molecular weight excluding hydrogens is 304 g/mol.